The monoisotopic (exact) mass is 319 g/mol. The number of halogens is 1. The van der Waals surface area contributed by atoms with Gasteiger partial charge in [0.2, 0.25) is 0 Å². The first kappa shape index (κ1) is 12.9. The van der Waals surface area contributed by atoms with E-state index in [1.54, 1.807) is 0 Å². The number of hydrogen-bond donors (Lipinski definition) is 2. The first-order chi connectivity index (χ1) is 9.09. The Labute approximate surface area is 121 Å². The van der Waals surface area contributed by atoms with E-state index >= 15 is 0 Å². The van der Waals surface area contributed by atoms with Crippen LogP contribution in [0.25, 0.3) is 11.3 Å². The Morgan fingerprint density at radius 1 is 1.37 bits per heavy atom. The number of H-pyrrole nitrogens is 1. The molecule has 1 aromatic carbocycles. The highest BCUT2D eigenvalue weighted by molar-refractivity contribution is 9.10. The lowest BCUT2D eigenvalue weighted by Crippen LogP contribution is -2.36. The summed E-state index contributed by atoms with van der Waals surface area (Å²) < 4.78 is 1.16. The number of nitrogens with two attached hydrogens (primary N) is 1. The van der Waals surface area contributed by atoms with Crippen LogP contribution in [0.15, 0.2) is 22.7 Å². The topological polar surface area (TPSA) is 54.7 Å². The molecule has 1 aliphatic carbocycles. The van der Waals surface area contributed by atoms with Crippen molar-refractivity contribution in [1.29, 1.82) is 0 Å². The van der Waals surface area contributed by atoms with E-state index in [2.05, 4.69) is 53.0 Å². The summed E-state index contributed by atoms with van der Waals surface area (Å²) in [5.41, 5.74) is 10.9. The molecule has 0 saturated heterocycles. The Hall–Kier alpha value is -1.13. The van der Waals surface area contributed by atoms with E-state index in [1.807, 2.05) is 0 Å². The Morgan fingerprint density at radius 2 is 2.11 bits per heavy atom. The molecule has 0 amide bonds. The molecule has 0 radical (unpaired) electrons. The maximum atomic E-state index is 6.43. The SMILES string of the molecule is CCC(N)(CC)c1nc2c([nH]1)Cc1c(Br)cccc1-2. The van der Waals surface area contributed by atoms with Crippen LogP contribution in [0.3, 0.4) is 0 Å². The molecule has 0 saturated carbocycles. The molecular formula is C15H18BrN3. The van der Waals surface area contributed by atoms with Gasteiger partial charge < -0.3 is 10.7 Å². The molecule has 19 heavy (non-hydrogen) atoms. The molecule has 3 nitrogen and oxygen atoms in total. The second-order valence-corrected chi connectivity index (χ2v) is 6.07. The van der Waals surface area contributed by atoms with Crippen LogP contribution in [-0.2, 0) is 12.0 Å². The van der Waals surface area contributed by atoms with Gasteiger partial charge in [-0.2, -0.15) is 0 Å². The van der Waals surface area contributed by atoms with Gasteiger partial charge in [0.05, 0.1) is 11.2 Å². The molecule has 0 aliphatic heterocycles. The van der Waals surface area contributed by atoms with Gasteiger partial charge in [-0.3, -0.25) is 0 Å². The van der Waals surface area contributed by atoms with Gasteiger partial charge in [0.1, 0.15) is 5.82 Å². The second kappa shape index (κ2) is 4.46. The fourth-order valence-electron chi connectivity index (χ4n) is 2.72. The van der Waals surface area contributed by atoms with Gasteiger partial charge in [0.15, 0.2) is 0 Å². The van der Waals surface area contributed by atoms with Gasteiger partial charge in [0.25, 0.3) is 0 Å². The van der Waals surface area contributed by atoms with Gasteiger partial charge in [-0.25, -0.2) is 4.98 Å². The molecule has 1 heterocycles. The van der Waals surface area contributed by atoms with Gasteiger partial charge in [-0.1, -0.05) is 41.9 Å². The molecule has 1 aromatic heterocycles. The minimum Gasteiger partial charge on any atom is -0.343 e. The first-order valence-corrected chi connectivity index (χ1v) is 7.54. The number of nitrogens with zero attached hydrogens (tertiary/aromatic N) is 1. The zero-order valence-corrected chi connectivity index (χ0v) is 12.8. The van der Waals surface area contributed by atoms with Crippen molar-refractivity contribution in [3.05, 3.63) is 39.8 Å². The largest absolute Gasteiger partial charge is 0.343 e. The summed E-state index contributed by atoms with van der Waals surface area (Å²) in [6.45, 7) is 4.23. The molecule has 0 bridgehead atoms. The molecule has 0 atom stereocenters. The third-order valence-corrected chi connectivity index (χ3v) is 4.98. The van der Waals surface area contributed by atoms with Crippen LogP contribution in [0, 0.1) is 0 Å². The van der Waals surface area contributed by atoms with Crippen molar-refractivity contribution >= 4 is 15.9 Å². The highest BCUT2D eigenvalue weighted by Gasteiger charge is 2.31. The molecule has 2 aromatic rings. The summed E-state index contributed by atoms with van der Waals surface area (Å²) in [6.07, 6.45) is 2.69. The predicted octanol–water partition coefficient (Wildman–Crippen LogP) is 3.72. The van der Waals surface area contributed by atoms with E-state index in [9.17, 15) is 0 Å². The molecule has 4 heteroatoms. The number of nitrogens with one attached hydrogen (secondary N) is 1. The van der Waals surface area contributed by atoms with Crippen molar-refractivity contribution in [1.82, 2.24) is 9.97 Å². The summed E-state index contributed by atoms with van der Waals surface area (Å²) in [5, 5.41) is 0. The number of hydrogen-bond acceptors (Lipinski definition) is 2. The highest BCUT2D eigenvalue weighted by atomic mass is 79.9. The number of imidazole rings is 1. The van der Waals surface area contributed by atoms with Gasteiger partial charge in [-0.15, -0.1) is 0 Å². The predicted molar refractivity (Wildman–Crippen MR) is 81.0 cm³/mol. The van der Waals surface area contributed by atoms with Crippen molar-refractivity contribution < 1.29 is 0 Å². The van der Waals surface area contributed by atoms with Crippen LogP contribution in [0.2, 0.25) is 0 Å². The van der Waals surface area contributed by atoms with Crippen molar-refractivity contribution in [2.24, 2.45) is 5.73 Å². The van der Waals surface area contributed by atoms with Crippen LogP contribution in [0.4, 0.5) is 0 Å². The summed E-state index contributed by atoms with van der Waals surface area (Å²) >= 11 is 3.61. The van der Waals surface area contributed by atoms with Crippen molar-refractivity contribution in [3.8, 4) is 11.3 Å². The van der Waals surface area contributed by atoms with E-state index in [0.717, 1.165) is 35.3 Å². The van der Waals surface area contributed by atoms with E-state index < -0.39 is 0 Å². The lowest BCUT2D eigenvalue weighted by Gasteiger charge is -2.24. The molecule has 3 rings (SSSR count). The fourth-order valence-corrected chi connectivity index (χ4v) is 3.22. The quantitative estimate of drug-likeness (QED) is 0.773. The molecule has 1 aliphatic rings. The standard InChI is InChI=1S/C15H18BrN3/c1-3-15(17,4-2)14-18-12-8-10-9(13(12)19-14)6-5-7-11(10)16/h5-7H,3-4,8,17H2,1-2H3,(H,18,19). The molecule has 0 spiro atoms. The Kier molecular flexibility index (Phi) is 3.02. The smallest absolute Gasteiger partial charge is 0.127 e. The Bertz CT molecular complexity index is 626. The number of aromatic amines is 1. The van der Waals surface area contributed by atoms with Gasteiger partial charge in [-0.05, 0) is 24.5 Å². The molecule has 3 N–H and O–H groups in total. The van der Waals surface area contributed by atoms with Crippen molar-refractivity contribution in [2.45, 2.75) is 38.6 Å². The van der Waals surface area contributed by atoms with Gasteiger partial charge >= 0.3 is 0 Å². The summed E-state index contributed by atoms with van der Waals surface area (Å²) in [4.78, 5) is 8.24. The lowest BCUT2D eigenvalue weighted by molar-refractivity contribution is 0.390. The Morgan fingerprint density at radius 3 is 2.79 bits per heavy atom. The maximum absolute atomic E-state index is 6.43. The minimum absolute atomic E-state index is 0.337. The average Bonchev–Trinajstić information content (AvgIpc) is 2.97. The number of aromatic nitrogens is 2. The minimum atomic E-state index is -0.337. The van der Waals surface area contributed by atoms with Gasteiger partial charge in [0, 0.05) is 22.2 Å². The molecule has 0 unspecified atom stereocenters. The zero-order chi connectivity index (χ0) is 13.6. The molecule has 100 valence electrons. The summed E-state index contributed by atoms with van der Waals surface area (Å²) in [5.74, 6) is 0.924. The third-order valence-electron chi connectivity index (χ3n) is 4.24. The van der Waals surface area contributed by atoms with E-state index in [0.29, 0.717) is 0 Å². The number of rotatable bonds is 3. The normalized spacial score (nSPS) is 13.5. The maximum Gasteiger partial charge on any atom is 0.127 e. The van der Waals surface area contributed by atoms with Crippen LogP contribution >= 0.6 is 15.9 Å². The van der Waals surface area contributed by atoms with Crippen molar-refractivity contribution in [3.63, 3.8) is 0 Å². The number of fused-ring (bicyclic) bond motifs is 3. The van der Waals surface area contributed by atoms with E-state index in [4.69, 9.17) is 10.7 Å². The van der Waals surface area contributed by atoms with Crippen LogP contribution < -0.4 is 5.73 Å². The van der Waals surface area contributed by atoms with Crippen molar-refractivity contribution in [2.75, 3.05) is 0 Å². The summed E-state index contributed by atoms with van der Waals surface area (Å²) in [7, 11) is 0. The van der Waals surface area contributed by atoms with E-state index in [-0.39, 0.29) is 5.54 Å². The van der Waals surface area contributed by atoms with E-state index in [1.165, 1.54) is 16.8 Å². The molecular weight excluding hydrogens is 302 g/mol. The second-order valence-electron chi connectivity index (χ2n) is 5.22. The number of benzene rings is 1. The third kappa shape index (κ3) is 1.85. The highest BCUT2D eigenvalue weighted by Crippen LogP contribution is 2.40. The molecule has 0 fully saturated rings. The Balaban J connectivity index is 2.09. The fraction of sp³-hybridized carbons (Fsp3) is 0.400. The lowest BCUT2D eigenvalue weighted by atomic mass is 9.93. The van der Waals surface area contributed by atoms with Crippen LogP contribution in [0.1, 0.15) is 43.8 Å². The first-order valence-electron chi connectivity index (χ1n) is 6.75. The summed E-state index contributed by atoms with van der Waals surface area (Å²) in [6, 6.07) is 6.27. The van der Waals surface area contributed by atoms with Crippen LogP contribution in [0.5, 0.6) is 0 Å². The van der Waals surface area contributed by atoms with Crippen LogP contribution in [-0.4, -0.2) is 9.97 Å². The average molecular weight is 320 g/mol. The zero-order valence-electron chi connectivity index (χ0n) is 11.3.